The van der Waals surface area contributed by atoms with Gasteiger partial charge >= 0.3 is 0 Å². The van der Waals surface area contributed by atoms with Crippen LogP contribution in [-0.4, -0.2) is 9.38 Å². The molecular weight excluding hydrogens is 215 g/mol. The van der Waals surface area contributed by atoms with E-state index in [1.165, 1.54) is 12.1 Å². The van der Waals surface area contributed by atoms with Crippen LogP contribution < -0.4 is 0 Å². The Labute approximate surface area is 98.7 Å². The van der Waals surface area contributed by atoms with Gasteiger partial charge in [-0.25, -0.2) is 9.37 Å². The maximum Gasteiger partial charge on any atom is 0.125 e. The smallest absolute Gasteiger partial charge is 0.125 e. The average molecular weight is 228 g/mol. The zero-order valence-electron chi connectivity index (χ0n) is 9.81. The molecular formula is C14H13FN2. The molecule has 0 aliphatic rings. The van der Waals surface area contributed by atoms with Gasteiger partial charge in [0.1, 0.15) is 5.82 Å². The molecule has 0 fully saturated rings. The van der Waals surface area contributed by atoms with Gasteiger partial charge in [0.05, 0.1) is 22.2 Å². The van der Waals surface area contributed by atoms with Gasteiger partial charge in [0.2, 0.25) is 0 Å². The molecule has 0 N–H and O–H groups in total. The van der Waals surface area contributed by atoms with Crippen molar-refractivity contribution in [3.05, 3.63) is 48.0 Å². The molecule has 3 aromatic rings. The van der Waals surface area contributed by atoms with Crippen LogP contribution in [0.1, 0.15) is 25.5 Å². The van der Waals surface area contributed by atoms with Gasteiger partial charge in [0.15, 0.2) is 0 Å². The van der Waals surface area contributed by atoms with E-state index in [1.54, 1.807) is 6.07 Å². The first kappa shape index (κ1) is 10.3. The first-order valence-corrected chi connectivity index (χ1v) is 5.73. The van der Waals surface area contributed by atoms with Crippen molar-refractivity contribution in [3.8, 4) is 0 Å². The van der Waals surface area contributed by atoms with Crippen molar-refractivity contribution in [2.45, 2.75) is 19.8 Å². The summed E-state index contributed by atoms with van der Waals surface area (Å²) >= 11 is 0. The summed E-state index contributed by atoms with van der Waals surface area (Å²) < 4.78 is 15.3. The van der Waals surface area contributed by atoms with E-state index in [0.717, 1.165) is 22.2 Å². The summed E-state index contributed by atoms with van der Waals surface area (Å²) in [6.07, 6.45) is 1.95. The normalized spacial score (nSPS) is 11.8. The molecule has 2 heterocycles. The second-order valence-corrected chi connectivity index (χ2v) is 4.55. The Morgan fingerprint density at radius 2 is 2.00 bits per heavy atom. The van der Waals surface area contributed by atoms with Crippen LogP contribution in [0.2, 0.25) is 0 Å². The highest BCUT2D eigenvalue weighted by Gasteiger charge is 2.11. The minimum absolute atomic E-state index is 0.230. The maximum absolute atomic E-state index is 13.3. The fourth-order valence-electron chi connectivity index (χ4n) is 2.20. The van der Waals surface area contributed by atoms with Crippen molar-refractivity contribution in [1.82, 2.24) is 9.38 Å². The first-order chi connectivity index (χ1) is 8.16. The van der Waals surface area contributed by atoms with E-state index in [9.17, 15) is 4.39 Å². The molecule has 0 radical (unpaired) electrons. The Hall–Kier alpha value is -1.90. The standard InChI is InChI=1S/C14H13FN2/c1-9(2)14-12-4-3-7-17(12)13-8-10(15)5-6-11(13)16-14/h3-9H,1-2H3. The predicted octanol–water partition coefficient (Wildman–Crippen LogP) is 3.75. The second kappa shape index (κ2) is 3.55. The Morgan fingerprint density at radius 1 is 1.18 bits per heavy atom. The van der Waals surface area contributed by atoms with Crippen LogP contribution in [0.25, 0.3) is 16.6 Å². The summed E-state index contributed by atoms with van der Waals surface area (Å²) in [6, 6.07) is 8.70. The summed E-state index contributed by atoms with van der Waals surface area (Å²) in [4.78, 5) is 4.63. The zero-order chi connectivity index (χ0) is 12.0. The summed E-state index contributed by atoms with van der Waals surface area (Å²) in [5.74, 6) is 0.119. The summed E-state index contributed by atoms with van der Waals surface area (Å²) in [6.45, 7) is 4.23. The van der Waals surface area contributed by atoms with Crippen LogP contribution >= 0.6 is 0 Å². The van der Waals surface area contributed by atoms with Gasteiger partial charge in [-0.1, -0.05) is 13.8 Å². The summed E-state index contributed by atoms with van der Waals surface area (Å²) in [5.41, 5.74) is 3.75. The van der Waals surface area contributed by atoms with E-state index in [2.05, 4.69) is 18.8 Å². The van der Waals surface area contributed by atoms with Gasteiger partial charge in [-0.05, 0) is 30.2 Å². The molecule has 0 bridgehead atoms. The van der Waals surface area contributed by atoms with Crippen molar-refractivity contribution in [3.63, 3.8) is 0 Å². The minimum atomic E-state index is -0.230. The molecule has 2 nitrogen and oxygen atoms in total. The Bertz CT molecular complexity index is 698. The van der Waals surface area contributed by atoms with Gasteiger partial charge in [0, 0.05) is 12.3 Å². The van der Waals surface area contributed by atoms with Crippen LogP contribution in [0.3, 0.4) is 0 Å². The number of hydrogen-bond acceptors (Lipinski definition) is 1. The van der Waals surface area contributed by atoms with Crippen LogP contribution in [0.15, 0.2) is 36.5 Å². The van der Waals surface area contributed by atoms with Gasteiger partial charge in [-0.3, -0.25) is 0 Å². The third-order valence-electron chi connectivity index (χ3n) is 3.00. The van der Waals surface area contributed by atoms with Gasteiger partial charge in [0.25, 0.3) is 0 Å². The van der Waals surface area contributed by atoms with E-state index >= 15 is 0 Å². The largest absolute Gasteiger partial charge is 0.313 e. The van der Waals surface area contributed by atoms with Crippen LogP contribution in [0.4, 0.5) is 4.39 Å². The Kier molecular flexibility index (Phi) is 2.15. The number of fused-ring (bicyclic) bond motifs is 3. The summed E-state index contributed by atoms with van der Waals surface area (Å²) in [7, 11) is 0. The molecule has 17 heavy (non-hydrogen) atoms. The van der Waals surface area contributed by atoms with E-state index in [1.807, 2.05) is 22.7 Å². The first-order valence-electron chi connectivity index (χ1n) is 5.73. The van der Waals surface area contributed by atoms with Gasteiger partial charge in [-0.15, -0.1) is 0 Å². The molecule has 0 spiro atoms. The van der Waals surface area contributed by atoms with E-state index < -0.39 is 0 Å². The van der Waals surface area contributed by atoms with E-state index in [-0.39, 0.29) is 5.82 Å². The van der Waals surface area contributed by atoms with Crippen molar-refractivity contribution in [2.24, 2.45) is 0 Å². The lowest BCUT2D eigenvalue weighted by atomic mass is 10.1. The number of hydrogen-bond donors (Lipinski definition) is 0. The quantitative estimate of drug-likeness (QED) is 0.620. The summed E-state index contributed by atoms with van der Waals surface area (Å²) in [5, 5.41) is 0. The number of halogens is 1. The molecule has 3 rings (SSSR count). The number of benzene rings is 1. The lowest BCUT2D eigenvalue weighted by Crippen LogP contribution is -1.99. The SMILES string of the molecule is CC(C)c1nc2ccc(F)cc2n2cccc12. The van der Waals surface area contributed by atoms with E-state index in [4.69, 9.17) is 0 Å². The Morgan fingerprint density at radius 3 is 2.76 bits per heavy atom. The Balaban J connectivity index is 2.51. The average Bonchev–Trinajstić information content (AvgIpc) is 2.76. The fraction of sp³-hybridized carbons (Fsp3) is 0.214. The third-order valence-corrected chi connectivity index (χ3v) is 3.00. The highest BCUT2D eigenvalue weighted by atomic mass is 19.1. The molecule has 0 aliphatic carbocycles. The molecule has 1 aromatic carbocycles. The topological polar surface area (TPSA) is 17.3 Å². The van der Waals surface area contributed by atoms with Crippen LogP contribution in [0, 0.1) is 5.82 Å². The highest BCUT2D eigenvalue weighted by molar-refractivity contribution is 5.80. The predicted molar refractivity (Wildman–Crippen MR) is 66.7 cm³/mol. The van der Waals surface area contributed by atoms with Crippen LogP contribution in [-0.2, 0) is 0 Å². The molecule has 86 valence electrons. The third kappa shape index (κ3) is 1.50. The van der Waals surface area contributed by atoms with E-state index in [0.29, 0.717) is 5.92 Å². The number of aromatic nitrogens is 2. The van der Waals surface area contributed by atoms with Crippen molar-refractivity contribution >= 4 is 16.6 Å². The van der Waals surface area contributed by atoms with Crippen molar-refractivity contribution in [2.75, 3.05) is 0 Å². The lowest BCUT2D eigenvalue weighted by Gasteiger charge is -2.10. The van der Waals surface area contributed by atoms with Gasteiger partial charge in [-0.2, -0.15) is 0 Å². The van der Waals surface area contributed by atoms with Gasteiger partial charge < -0.3 is 4.40 Å². The fourth-order valence-corrected chi connectivity index (χ4v) is 2.20. The minimum Gasteiger partial charge on any atom is -0.313 e. The van der Waals surface area contributed by atoms with Crippen molar-refractivity contribution in [1.29, 1.82) is 0 Å². The highest BCUT2D eigenvalue weighted by Crippen LogP contribution is 2.24. The lowest BCUT2D eigenvalue weighted by molar-refractivity contribution is 0.629. The molecule has 0 unspecified atom stereocenters. The molecule has 0 aliphatic heterocycles. The molecule has 0 amide bonds. The van der Waals surface area contributed by atoms with Crippen LogP contribution in [0.5, 0.6) is 0 Å². The maximum atomic E-state index is 13.3. The molecule has 0 atom stereocenters. The number of nitrogens with zero attached hydrogens (tertiary/aromatic N) is 2. The number of rotatable bonds is 1. The molecule has 0 saturated carbocycles. The molecule has 2 aromatic heterocycles. The monoisotopic (exact) mass is 228 g/mol. The molecule has 0 saturated heterocycles. The zero-order valence-corrected chi connectivity index (χ0v) is 9.81. The van der Waals surface area contributed by atoms with Crippen molar-refractivity contribution < 1.29 is 4.39 Å². The second-order valence-electron chi connectivity index (χ2n) is 4.55. The molecule has 3 heteroatoms.